The van der Waals surface area contributed by atoms with Crippen molar-refractivity contribution in [3.05, 3.63) is 71.8 Å². The van der Waals surface area contributed by atoms with Gasteiger partial charge in [-0.1, -0.05) is 92.5 Å². The van der Waals surface area contributed by atoms with E-state index in [4.69, 9.17) is 23.2 Å². The zero-order valence-corrected chi connectivity index (χ0v) is 19.9. The molecule has 0 radical (unpaired) electrons. The lowest BCUT2D eigenvalue weighted by molar-refractivity contribution is -0.141. The highest BCUT2D eigenvalue weighted by Crippen LogP contribution is 2.31. The molecule has 0 amide bonds. The topological polar surface area (TPSA) is 52.6 Å². The number of rotatable bonds is 6. The molecule has 0 aliphatic heterocycles. The summed E-state index contributed by atoms with van der Waals surface area (Å²) in [7, 11) is 2.64. The molecule has 8 heteroatoms. The summed E-state index contributed by atoms with van der Waals surface area (Å²) in [5, 5.41) is -1.41. The van der Waals surface area contributed by atoms with Crippen molar-refractivity contribution in [2.75, 3.05) is 14.2 Å². The fourth-order valence-corrected chi connectivity index (χ4v) is 3.59. The number of esters is 2. The summed E-state index contributed by atoms with van der Waals surface area (Å²) in [5.41, 5.74) is 1.91. The highest BCUT2D eigenvalue weighted by molar-refractivity contribution is 9.09. The lowest BCUT2D eigenvalue weighted by atomic mass is 10.1. The summed E-state index contributed by atoms with van der Waals surface area (Å²) in [6.07, 6.45) is 0. The van der Waals surface area contributed by atoms with Crippen LogP contribution in [0.1, 0.15) is 20.8 Å². The van der Waals surface area contributed by atoms with E-state index in [9.17, 15) is 9.59 Å². The first-order chi connectivity index (χ1) is 13.3. The lowest BCUT2D eigenvalue weighted by Crippen LogP contribution is -2.20. The van der Waals surface area contributed by atoms with E-state index in [1.807, 2.05) is 60.7 Å². The van der Waals surface area contributed by atoms with Gasteiger partial charge in [0.15, 0.2) is 0 Å². The lowest BCUT2D eigenvalue weighted by Gasteiger charge is -2.14. The van der Waals surface area contributed by atoms with Crippen LogP contribution in [-0.4, -0.2) is 36.9 Å². The van der Waals surface area contributed by atoms with Gasteiger partial charge >= 0.3 is 11.9 Å². The predicted molar refractivity (Wildman–Crippen MR) is 120 cm³/mol. The van der Waals surface area contributed by atoms with E-state index >= 15 is 0 Å². The van der Waals surface area contributed by atoms with Gasteiger partial charge in [-0.25, -0.2) is 0 Å². The minimum absolute atomic E-state index is 0.224. The Hall–Kier alpha value is -1.08. The molecule has 0 unspecified atom stereocenters. The maximum Gasteiger partial charge on any atom is 0.325 e. The van der Waals surface area contributed by atoms with Crippen LogP contribution in [0.15, 0.2) is 60.7 Å². The predicted octanol–water partition coefficient (Wildman–Crippen LogP) is 5.81. The minimum Gasteiger partial charge on any atom is -0.468 e. The third-order valence-electron chi connectivity index (χ3n) is 3.60. The fourth-order valence-electron chi connectivity index (χ4n) is 2.08. The van der Waals surface area contributed by atoms with Gasteiger partial charge in [-0.15, -0.1) is 23.2 Å². The second kappa shape index (κ2) is 13.2. The molecule has 0 saturated heterocycles. The number of hydrogen-bond donors (Lipinski definition) is 0. The monoisotopic (exact) mass is 552 g/mol. The van der Waals surface area contributed by atoms with Gasteiger partial charge in [0.25, 0.3) is 0 Å². The highest BCUT2D eigenvalue weighted by atomic mass is 79.9. The van der Waals surface area contributed by atoms with Gasteiger partial charge in [-0.3, -0.25) is 9.59 Å². The molecule has 0 bridgehead atoms. The summed E-state index contributed by atoms with van der Waals surface area (Å²) in [6.45, 7) is 0. The van der Waals surface area contributed by atoms with E-state index in [0.717, 1.165) is 11.1 Å². The van der Waals surface area contributed by atoms with Crippen molar-refractivity contribution < 1.29 is 19.1 Å². The van der Waals surface area contributed by atoms with Crippen LogP contribution in [0.4, 0.5) is 0 Å². The number of halogens is 4. The van der Waals surface area contributed by atoms with Gasteiger partial charge in [0.1, 0.15) is 10.8 Å². The van der Waals surface area contributed by atoms with Crippen LogP contribution in [0.5, 0.6) is 0 Å². The zero-order chi connectivity index (χ0) is 21.1. The number of hydrogen-bond acceptors (Lipinski definition) is 4. The van der Waals surface area contributed by atoms with Gasteiger partial charge in [0.2, 0.25) is 0 Å². The quantitative estimate of drug-likeness (QED) is 0.334. The molecular weight excluding hydrogens is 535 g/mol. The van der Waals surface area contributed by atoms with Crippen LogP contribution in [-0.2, 0) is 19.1 Å². The average molecular weight is 555 g/mol. The van der Waals surface area contributed by atoms with Crippen molar-refractivity contribution in [2.45, 2.75) is 20.4 Å². The number of methoxy groups -OCH3 is 2. The molecule has 2 aromatic carbocycles. The fraction of sp³-hybridized carbons (Fsp3) is 0.300. The van der Waals surface area contributed by atoms with Crippen molar-refractivity contribution in [1.29, 1.82) is 0 Å². The molecule has 0 spiro atoms. The Balaban J connectivity index is 0.000000280. The molecule has 28 heavy (non-hydrogen) atoms. The van der Waals surface area contributed by atoms with Gasteiger partial charge < -0.3 is 9.47 Å². The Bertz CT molecular complexity index is 668. The van der Waals surface area contributed by atoms with Crippen molar-refractivity contribution in [1.82, 2.24) is 0 Å². The Kier molecular flexibility index (Phi) is 11.8. The highest BCUT2D eigenvalue weighted by Gasteiger charge is 2.26. The second-order valence-corrected chi connectivity index (χ2v) is 8.39. The van der Waals surface area contributed by atoms with E-state index in [1.54, 1.807) is 0 Å². The molecule has 0 aromatic heterocycles. The Labute approximate surface area is 191 Å². The first-order valence-corrected chi connectivity index (χ1v) is 10.9. The molecule has 2 rings (SSSR count). The Morgan fingerprint density at radius 2 is 1.00 bits per heavy atom. The number of carbonyl (C=O) groups excluding carboxylic acids is 2. The largest absolute Gasteiger partial charge is 0.468 e. The first kappa shape index (κ1) is 25.0. The van der Waals surface area contributed by atoms with Crippen LogP contribution < -0.4 is 0 Å². The zero-order valence-electron chi connectivity index (χ0n) is 15.2. The summed E-state index contributed by atoms with van der Waals surface area (Å²) < 4.78 is 9.11. The van der Waals surface area contributed by atoms with Gasteiger partial charge in [-0.05, 0) is 11.1 Å². The van der Waals surface area contributed by atoms with Crippen LogP contribution in [0.2, 0.25) is 0 Å². The molecule has 152 valence electrons. The van der Waals surface area contributed by atoms with Gasteiger partial charge in [0.05, 0.1) is 23.9 Å². The summed E-state index contributed by atoms with van der Waals surface area (Å²) >= 11 is 18.5. The van der Waals surface area contributed by atoms with Crippen molar-refractivity contribution in [3.8, 4) is 0 Å². The smallest absolute Gasteiger partial charge is 0.325 e. The normalized spacial score (nSPS) is 14.5. The van der Waals surface area contributed by atoms with Gasteiger partial charge in [-0.2, -0.15) is 0 Å². The number of benzene rings is 2. The third-order valence-corrected chi connectivity index (χ3v) is 7.19. The average Bonchev–Trinajstić information content (AvgIpc) is 2.77. The van der Waals surface area contributed by atoms with Gasteiger partial charge in [0, 0.05) is 0 Å². The molecule has 2 aromatic rings. The molecule has 0 aliphatic carbocycles. The van der Waals surface area contributed by atoms with E-state index in [2.05, 4.69) is 41.3 Å². The molecule has 0 aliphatic rings. The third kappa shape index (κ3) is 7.74. The molecule has 0 heterocycles. The standard InChI is InChI=1S/2C10H10BrClO2/c2*1-14-10(13)9(12)8(11)7-5-3-2-4-6-7/h2*2-6,8-9H,1H3/t2*8-,9-/m00/s1. The number of ether oxygens (including phenoxy) is 2. The van der Waals surface area contributed by atoms with Crippen molar-refractivity contribution in [3.63, 3.8) is 0 Å². The molecule has 0 saturated carbocycles. The summed E-state index contributed by atoms with van der Waals surface area (Å²) in [5.74, 6) is -0.866. The summed E-state index contributed by atoms with van der Waals surface area (Å²) in [6, 6.07) is 19.0. The van der Waals surface area contributed by atoms with E-state index in [-0.39, 0.29) is 9.65 Å². The van der Waals surface area contributed by atoms with Crippen molar-refractivity contribution >= 4 is 67.0 Å². The Morgan fingerprint density at radius 3 is 1.25 bits per heavy atom. The van der Waals surface area contributed by atoms with Crippen LogP contribution >= 0.6 is 55.1 Å². The van der Waals surface area contributed by atoms with Crippen LogP contribution in [0.3, 0.4) is 0 Å². The molecule has 4 nitrogen and oxygen atoms in total. The SMILES string of the molecule is COC(=O)[C@@H](Cl)[C@@H](Br)c1ccccc1.COC(=O)[C@@H](Cl)[C@@H](Br)c1ccccc1. The maximum atomic E-state index is 11.1. The number of alkyl halides is 4. The molecular formula is C20H20Br2Cl2O4. The minimum atomic E-state index is -0.706. The van der Waals surface area contributed by atoms with Crippen molar-refractivity contribution in [2.24, 2.45) is 0 Å². The second-order valence-electron chi connectivity index (χ2n) is 5.47. The molecule has 0 N–H and O–H groups in total. The number of carbonyl (C=O) groups is 2. The van der Waals surface area contributed by atoms with E-state index in [0.29, 0.717) is 0 Å². The molecule has 0 fully saturated rings. The molecule has 4 atom stereocenters. The summed E-state index contributed by atoms with van der Waals surface area (Å²) in [4.78, 5) is 21.8. The van der Waals surface area contributed by atoms with E-state index < -0.39 is 22.7 Å². The Morgan fingerprint density at radius 1 is 0.714 bits per heavy atom. The van der Waals surface area contributed by atoms with Crippen LogP contribution in [0.25, 0.3) is 0 Å². The van der Waals surface area contributed by atoms with Crippen LogP contribution in [0, 0.1) is 0 Å². The first-order valence-electron chi connectivity index (χ1n) is 8.15. The van der Waals surface area contributed by atoms with E-state index in [1.165, 1.54) is 14.2 Å². The maximum absolute atomic E-state index is 11.1.